The van der Waals surface area contributed by atoms with Crippen molar-refractivity contribution in [2.75, 3.05) is 36.8 Å². The number of nitrogens with zero attached hydrogens (tertiary/aromatic N) is 9. The lowest BCUT2D eigenvalue weighted by molar-refractivity contribution is -0.130. The molecule has 0 bridgehead atoms. The van der Waals surface area contributed by atoms with Gasteiger partial charge in [-0.3, -0.25) is 28.6 Å². The summed E-state index contributed by atoms with van der Waals surface area (Å²) in [5.41, 5.74) is 9.44. The average Bonchev–Trinajstić information content (AvgIpc) is 4.05. The highest BCUT2D eigenvalue weighted by molar-refractivity contribution is 9.10. The maximum atomic E-state index is 11.7. The van der Waals surface area contributed by atoms with E-state index in [0.717, 1.165) is 82.1 Å². The van der Waals surface area contributed by atoms with E-state index in [9.17, 15) is 9.59 Å². The van der Waals surface area contributed by atoms with Crippen LogP contribution in [0.15, 0.2) is 93.9 Å². The van der Waals surface area contributed by atoms with Gasteiger partial charge in [-0.2, -0.15) is 15.3 Å². The predicted octanol–water partition coefficient (Wildman–Crippen LogP) is 6.01. The van der Waals surface area contributed by atoms with Gasteiger partial charge in [0.25, 0.3) is 0 Å². The molecule has 0 atom stereocenters. The second-order valence-corrected chi connectivity index (χ2v) is 17.7. The Morgan fingerprint density at radius 3 is 1.95 bits per heavy atom. The van der Waals surface area contributed by atoms with Crippen LogP contribution in [0.3, 0.4) is 0 Å². The largest absolute Gasteiger partial charge is 0.498 e. The van der Waals surface area contributed by atoms with Gasteiger partial charge in [0, 0.05) is 123 Å². The van der Waals surface area contributed by atoms with E-state index in [2.05, 4.69) is 59.0 Å². The quantitative estimate of drug-likeness (QED) is 0.203. The van der Waals surface area contributed by atoms with Crippen LogP contribution in [0.25, 0.3) is 11.1 Å². The summed E-state index contributed by atoms with van der Waals surface area (Å²) in [6.45, 7) is 15.0. The lowest BCUT2D eigenvalue weighted by Gasteiger charge is -2.32. The van der Waals surface area contributed by atoms with Crippen LogP contribution >= 0.6 is 15.9 Å². The van der Waals surface area contributed by atoms with Gasteiger partial charge in [0.05, 0.1) is 30.5 Å². The molecule has 0 radical (unpaired) electrons. The third kappa shape index (κ3) is 10.0. The maximum Gasteiger partial charge on any atom is 0.498 e. The molecule has 0 unspecified atom stereocenters. The van der Waals surface area contributed by atoms with Gasteiger partial charge in [-0.15, -0.1) is 0 Å². The Morgan fingerprint density at radius 2 is 1.34 bits per heavy atom. The third-order valence-electron chi connectivity index (χ3n) is 11.8. The highest BCUT2D eigenvalue weighted by atomic mass is 79.9. The van der Waals surface area contributed by atoms with E-state index in [1.807, 2.05) is 118 Å². The van der Waals surface area contributed by atoms with Crippen molar-refractivity contribution < 1.29 is 18.9 Å². The van der Waals surface area contributed by atoms with Crippen LogP contribution in [0, 0.1) is 0 Å². The summed E-state index contributed by atoms with van der Waals surface area (Å²) in [5, 5.41) is 19.7. The molecule has 0 spiro atoms. The molecule has 0 saturated carbocycles. The molecule has 9 rings (SSSR count). The van der Waals surface area contributed by atoms with Gasteiger partial charge in [0.15, 0.2) is 5.82 Å². The van der Waals surface area contributed by atoms with Gasteiger partial charge in [0.1, 0.15) is 5.84 Å². The number of anilines is 3. The van der Waals surface area contributed by atoms with E-state index in [4.69, 9.17) is 9.31 Å². The van der Waals surface area contributed by atoms with E-state index in [1.54, 1.807) is 29.4 Å². The number of aryl methyl sites for hydroxylation is 3. The molecule has 1 saturated heterocycles. The molecule has 4 aliphatic rings. The topological polar surface area (TPSA) is 149 Å². The maximum absolute atomic E-state index is 11.7. The number of hydrogen-bond acceptors (Lipinski definition) is 10. The summed E-state index contributed by atoms with van der Waals surface area (Å²) < 4.78 is 18.3. The Bertz CT molecular complexity index is 2430. The fraction of sp³-hybridized carbons (Fsp3) is 0.409. The summed E-state index contributed by atoms with van der Waals surface area (Å²) in [4.78, 5) is 31.6. The van der Waals surface area contributed by atoms with Gasteiger partial charge >= 0.3 is 7.12 Å². The Labute approximate surface area is 366 Å². The van der Waals surface area contributed by atoms with E-state index < -0.39 is 0 Å². The third-order valence-corrected chi connectivity index (χ3v) is 12.4. The van der Waals surface area contributed by atoms with E-state index in [-0.39, 0.29) is 30.1 Å². The van der Waals surface area contributed by atoms with Crippen LogP contribution in [-0.2, 0) is 53.0 Å². The molecule has 2 aromatic carbocycles. The van der Waals surface area contributed by atoms with Crippen molar-refractivity contribution in [3.05, 3.63) is 100 Å². The van der Waals surface area contributed by atoms with Crippen molar-refractivity contribution in [2.24, 2.45) is 26.1 Å². The number of nitrogens with one attached hydrogen (secondary N) is 2. The fourth-order valence-electron chi connectivity index (χ4n) is 7.50. The number of amides is 2. The minimum Gasteiger partial charge on any atom is -0.399 e. The van der Waals surface area contributed by atoms with Gasteiger partial charge in [-0.1, -0.05) is 28.1 Å². The first-order chi connectivity index (χ1) is 29.0. The van der Waals surface area contributed by atoms with E-state index >= 15 is 0 Å². The number of benzene rings is 2. The lowest BCUT2D eigenvalue weighted by atomic mass is 9.82. The molecule has 4 aliphatic heterocycles. The number of fused-ring (bicyclic) bond motifs is 1. The molecule has 2 amide bonds. The normalized spacial score (nSPS) is 17.4. The number of halogens is 1. The smallest absolute Gasteiger partial charge is 0.399 e. The van der Waals surface area contributed by atoms with Crippen LogP contribution in [0.1, 0.15) is 59.2 Å². The van der Waals surface area contributed by atoms with Crippen LogP contribution in [0.5, 0.6) is 0 Å². The molecule has 5 aromatic rings. The van der Waals surface area contributed by atoms with Gasteiger partial charge < -0.3 is 29.7 Å². The highest BCUT2D eigenvalue weighted by Gasteiger charge is 2.52. The first-order valence-electron chi connectivity index (χ1n) is 20.5. The van der Waals surface area contributed by atoms with Crippen LogP contribution in [0.4, 0.5) is 17.2 Å². The van der Waals surface area contributed by atoms with Crippen molar-refractivity contribution in [1.82, 2.24) is 39.1 Å². The number of rotatable bonds is 5. The Balaban J connectivity index is 0.000000143. The van der Waals surface area contributed by atoms with Crippen molar-refractivity contribution in [3.63, 3.8) is 0 Å². The number of hydrogen-bond donors (Lipinski definition) is 2. The average molecular weight is 893 g/mol. The van der Waals surface area contributed by atoms with Crippen LogP contribution < -0.4 is 16.1 Å². The SMILES string of the molecule is CC(=O)N1CCC2=C(C1)C(Nc1ccc(Br)cc1)=NC2.CC(=O)N1CCc2c(c(Nc3ccc(-c4cnn(C)c4)cc3)nn2C)C1.Cn1cc(B2OC(C)(C)C(C)(C)O2)cn1. The molecular formula is C44H55BBrN11O4. The molecule has 3 aromatic heterocycles. The summed E-state index contributed by atoms with van der Waals surface area (Å²) >= 11 is 3.43. The lowest BCUT2D eigenvalue weighted by Crippen LogP contribution is -2.41. The van der Waals surface area contributed by atoms with Gasteiger partial charge in [-0.25, -0.2) is 0 Å². The molecule has 61 heavy (non-hydrogen) atoms. The molecule has 17 heteroatoms. The zero-order valence-corrected chi connectivity index (χ0v) is 38.1. The van der Waals surface area contributed by atoms with E-state index in [1.165, 1.54) is 16.8 Å². The molecule has 320 valence electrons. The molecule has 15 nitrogen and oxygen atoms in total. The van der Waals surface area contributed by atoms with Crippen LogP contribution in [0.2, 0.25) is 0 Å². The summed E-state index contributed by atoms with van der Waals surface area (Å²) in [6.07, 6.45) is 9.32. The van der Waals surface area contributed by atoms with Gasteiger partial charge in [0.2, 0.25) is 11.8 Å². The number of carbonyl (C=O) groups excluding carboxylic acids is 2. The number of aromatic nitrogens is 6. The molecule has 7 heterocycles. The minimum atomic E-state index is -0.302. The zero-order valence-electron chi connectivity index (χ0n) is 36.5. The molecule has 1 fully saturated rings. The summed E-state index contributed by atoms with van der Waals surface area (Å²) in [5.74, 6) is 1.97. The zero-order chi connectivity index (χ0) is 43.6. The highest BCUT2D eigenvalue weighted by Crippen LogP contribution is 2.36. The summed E-state index contributed by atoms with van der Waals surface area (Å²) in [7, 11) is 5.45. The molecular weight excluding hydrogens is 837 g/mol. The number of carbonyl (C=O) groups is 2. The van der Waals surface area contributed by atoms with Gasteiger partial charge in [-0.05, 0) is 81.7 Å². The Kier molecular flexibility index (Phi) is 12.7. The number of amidine groups is 1. The second kappa shape index (κ2) is 17.8. The molecule has 2 N–H and O–H groups in total. The Hall–Kier alpha value is -5.52. The Morgan fingerprint density at radius 1 is 0.754 bits per heavy atom. The van der Waals surface area contributed by atoms with Crippen molar-refractivity contribution in [2.45, 2.75) is 72.1 Å². The first-order valence-corrected chi connectivity index (χ1v) is 21.3. The number of aliphatic imine (C=N–C) groups is 1. The van der Waals surface area contributed by atoms with Crippen molar-refractivity contribution in [3.8, 4) is 11.1 Å². The van der Waals surface area contributed by atoms with Crippen molar-refractivity contribution >= 4 is 63.4 Å². The standard InChI is InChI=1S/C19H22N6O.C15H16BrN3O.C10H17BN2O2/c1-13(26)25-9-8-18-17(12-25)19(22-24(18)3)21-16-6-4-14(5-7-16)15-10-20-23(2)11-15;1-10(20)19-7-6-11-8-17-15(14(11)9-19)18-13-4-2-12(16)3-5-13;1-9(2)10(3,4)15-11(14-9)8-6-12-13(5)7-8/h4-7,10-11H,8-9,12H2,1-3H3,(H,21,22);2-5H,6-9H2,1H3,(H,17,18);6-7H,1-5H3. The second-order valence-electron chi connectivity index (χ2n) is 16.8. The fourth-order valence-corrected chi connectivity index (χ4v) is 7.76. The monoisotopic (exact) mass is 891 g/mol. The minimum absolute atomic E-state index is 0.103. The summed E-state index contributed by atoms with van der Waals surface area (Å²) in [6, 6.07) is 16.2. The van der Waals surface area contributed by atoms with E-state index in [0.29, 0.717) is 13.1 Å². The predicted molar refractivity (Wildman–Crippen MR) is 243 cm³/mol. The van der Waals surface area contributed by atoms with Crippen molar-refractivity contribution in [1.29, 1.82) is 0 Å². The molecule has 0 aliphatic carbocycles. The van der Waals surface area contributed by atoms with Crippen LogP contribution in [-0.4, -0.2) is 101 Å². The first kappa shape index (κ1) is 43.6.